The molecule has 1 aromatic rings. The second-order valence-corrected chi connectivity index (χ2v) is 8.81. The minimum atomic E-state index is -3.14. The van der Waals surface area contributed by atoms with Crippen LogP contribution in [0.1, 0.15) is 11.9 Å². The van der Waals surface area contributed by atoms with Gasteiger partial charge < -0.3 is 9.64 Å². The van der Waals surface area contributed by atoms with E-state index in [2.05, 4.69) is 19.8 Å². The number of nitrogens with zero attached hydrogens (tertiary/aromatic N) is 3. The van der Waals surface area contributed by atoms with Gasteiger partial charge in [0.15, 0.2) is 0 Å². The lowest BCUT2D eigenvalue weighted by atomic mass is 9.93. The van der Waals surface area contributed by atoms with Gasteiger partial charge in [0.05, 0.1) is 18.5 Å². The predicted octanol–water partition coefficient (Wildman–Crippen LogP) is 0.237. The lowest BCUT2D eigenvalue weighted by Crippen LogP contribution is -2.35. The second-order valence-electron chi connectivity index (χ2n) is 5.56. The fourth-order valence-electron chi connectivity index (χ4n) is 2.92. The van der Waals surface area contributed by atoms with Gasteiger partial charge in [0.25, 0.3) is 0 Å². The fourth-order valence-corrected chi connectivity index (χ4v) is 4.29. The van der Waals surface area contributed by atoms with Gasteiger partial charge in [-0.15, -0.1) is 10.2 Å². The van der Waals surface area contributed by atoms with Crippen LogP contribution in [0, 0.1) is 18.8 Å². The molecule has 2 fully saturated rings. The molecule has 3 heterocycles. The summed E-state index contributed by atoms with van der Waals surface area (Å²) in [4.78, 5) is 2.19. The average Bonchev–Trinajstić information content (AvgIpc) is 3.11. The number of ether oxygens (including phenoxy) is 1. The number of aryl methyl sites for hydroxylation is 1. The van der Waals surface area contributed by atoms with Crippen molar-refractivity contribution in [2.45, 2.75) is 20.0 Å². The van der Waals surface area contributed by atoms with Crippen LogP contribution in [-0.2, 0) is 14.8 Å². The van der Waals surface area contributed by atoms with Crippen molar-refractivity contribution in [2.24, 2.45) is 11.8 Å². The van der Waals surface area contributed by atoms with Crippen molar-refractivity contribution < 1.29 is 13.2 Å². The Morgan fingerprint density at radius 3 is 2.90 bits per heavy atom. The summed E-state index contributed by atoms with van der Waals surface area (Å²) >= 11 is 1.58. The average molecular weight is 332 g/mol. The third-order valence-electron chi connectivity index (χ3n) is 4.17. The molecule has 0 aromatic carbocycles. The molecule has 21 heavy (non-hydrogen) atoms. The molecule has 0 aliphatic carbocycles. The predicted molar refractivity (Wildman–Crippen MR) is 81.0 cm³/mol. The first kappa shape index (κ1) is 15.1. The molecule has 0 spiro atoms. The number of fused-ring (bicyclic) bond motifs is 1. The molecule has 1 N–H and O–H groups in total. The van der Waals surface area contributed by atoms with Crippen LogP contribution in [0.3, 0.4) is 0 Å². The maximum atomic E-state index is 11.6. The van der Waals surface area contributed by atoms with Crippen LogP contribution in [0.25, 0.3) is 0 Å². The Morgan fingerprint density at radius 1 is 1.43 bits per heavy atom. The Morgan fingerprint density at radius 2 is 2.24 bits per heavy atom. The first-order chi connectivity index (χ1) is 9.98. The van der Waals surface area contributed by atoms with Crippen LogP contribution >= 0.6 is 11.3 Å². The van der Waals surface area contributed by atoms with Gasteiger partial charge >= 0.3 is 0 Å². The van der Waals surface area contributed by atoms with Gasteiger partial charge in [-0.1, -0.05) is 11.3 Å². The van der Waals surface area contributed by atoms with Crippen molar-refractivity contribution in [3.8, 4) is 0 Å². The molecule has 1 aromatic heterocycles. The Bertz CT molecular complexity index is 603. The topological polar surface area (TPSA) is 84.4 Å². The third-order valence-corrected chi connectivity index (χ3v) is 6.44. The highest BCUT2D eigenvalue weighted by Gasteiger charge is 2.44. The summed E-state index contributed by atoms with van der Waals surface area (Å²) in [6, 6.07) is 0. The minimum absolute atomic E-state index is 0.116. The van der Waals surface area contributed by atoms with Crippen LogP contribution in [0.4, 0.5) is 5.13 Å². The molecule has 2 saturated heterocycles. The Kier molecular flexibility index (Phi) is 4.17. The number of hydrogen-bond acceptors (Lipinski definition) is 7. The summed E-state index contributed by atoms with van der Waals surface area (Å²) in [5.41, 5.74) is 0. The van der Waals surface area contributed by atoms with E-state index in [1.165, 1.54) is 0 Å². The molecule has 3 atom stereocenters. The van der Waals surface area contributed by atoms with Crippen LogP contribution < -0.4 is 9.62 Å². The van der Waals surface area contributed by atoms with E-state index in [-0.39, 0.29) is 17.8 Å². The molecule has 118 valence electrons. The number of anilines is 1. The lowest BCUT2D eigenvalue weighted by Gasteiger charge is -2.18. The zero-order valence-corrected chi connectivity index (χ0v) is 13.8. The molecule has 0 bridgehead atoms. The van der Waals surface area contributed by atoms with Gasteiger partial charge in [-0.2, -0.15) is 0 Å². The van der Waals surface area contributed by atoms with E-state index in [4.69, 9.17) is 4.74 Å². The molecule has 9 heteroatoms. The summed E-state index contributed by atoms with van der Waals surface area (Å²) in [7, 11) is -3.14. The monoisotopic (exact) mass is 332 g/mol. The van der Waals surface area contributed by atoms with Gasteiger partial charge in [0, 0.05) is 31.5 Å². The smallest absolute Gasteiger partial charge is 0.211 e. The first-order valence-electron chi connectivity index (χ1n) is 7.12. The molecule has 3 rings (SSSR count). The molecule has 2 aliphatic rings. The Hall–Kier alpha value is -0.770. The second kappa shape index (κ2) is 5.79. The number of sulfonamides is 1. The van der Waals surface area contributed by atoms with Crippen molar-refractivity contribution >= 4 is 26.5 Å². The van der Waals surface area contributed by atoms with Crippen LogP contribution in [0.5, 0.6) is 0 Å². The van der Waals surface area contributed by atoms with E-state index in [0.29, 0.717) is 19.1 Å². The number of aromatic nitrogens is 2. The molecular formula is C12H20N4O3S2. The quantitative estimate of drug-likeness (QED) is 0.831. The standard InChI is InChI=1S/C12H20N4O3S2/c1-3-21(17,18)13-4-9-7-19-11-6-16(5-10(9)11)12-15-14-8(2)20-12/h9-11,13H,3-7H2,1-2H3/t9-,10+,11+/m1/s1. The zero-order chi connectivity index (χ0) is 15.0. The largest absolute Gasteiger partial charge is 0.376 e. The van der Waals surface area contributed by atoms with Crippen molar-refractivity contribution in [1.29, 1.82) is 0 Å². The van der Waals surface area contributed by atoms with E-state index in [0.717, 1.165) is 23.2 Å². The molecular weight excluding hydrogens is 312 g/mol. The lowest BCUT2D eigenvalue weighted by molar-refractivity contribution is 0.111. The highest BCUT2D eigenvalue weighted by Crippen LogP contribution is 2.36. The normalized spacial score (nSPS) is 29.0. The summed E-state index contributed by atoms with van der Waals surface area (Å²) in [6.07, 6.45) is 0.172. The molecule has 0 unspecified atom stereocenters. The van der Waals surface area contributed by atoms with Crippen molar-refractivity contribution in [2.75, 3.05) is 36.9 Å². The number of rotatable bonds is 5. The van der Waals surface area contributed by atoms with Crippen molar-refractivity contribution in [3.63, 3.8) is 0 Å². The van der Waals surface area contributed by atoms with Crippen molar-refractivity contribution in [3.05, 3.63) is 5.01 Å². The summed E-state index contributed by atoms with van der Waals surface area (Å²) in [6.45, 7) is 6.35. The van der Waals surface area contributed by atoms with E-state index in [1.54, 1.807) is 18.3 Å². The summed E-state index contributed by atoms with van der Waals surface area (Å²) < 4.78 is 31.6. The maximum Gasteiger partial charge on any atom is 0.211 e. The summed E-state index contributed by atoms with van der Waals surface area (Å²) in [5, 5.41) is 10.1. The van der Waals surface area contributed by atoms with E-state index in [1.807, 2.05) is 6.92 Å². The number of hydrogen-bond donors (Lipinski definition) is 1. The minimum Gasteiger partial charge on any atom is -0.376 e. The Balaban J connectivity index is 1.61. The van der Waals surface area contributed by atoms with E-state index in [9.17, 15) is 8.42 Å². The van der Waals surface area contributed by atoms with Crippen LogP contribution in [0.2, 0.25) is 0 Å². The first-order valence-corrected chi connectivity index (χ1v) is 9.59. The van der Waals surface area contributed by atoms with Gasteiger partial charge in [-0.3, -0.25) is 0 Å². The molecule has 7 nitrogen and oxygen atoms in total. The molecule has 0 amide bonds. The van der Waals surface area contributed by atoms with Gasteiger partial charge in [0.1, 0.15) is 5.01 Å². The van der Waals surface area contributed by atoms with E-state index < -0.39 is 10.0 Å². The zero-order valence-electron chi connectivity index (χ0n) is 12.2. The van der Waals surface area contributed by atoms with Crippen LogP contribution in [-0.4, -0.2) is 56.7 Å². The van der Waals surface area contributed by atoms with Gasteiger partial charge in [0.2, 0.25) is 15.2 Å². The molecule has 0 radical (unpaired) electrons. The summed E-state index contributed by atoms with van der Waals surface area (Å²) in [5.74, 6) is 0.703. The van der Waals surface area contributed by atoms with Gasteiger partial charge in [-0.25, -0.2) is 13.1 Å². The van der Waals surface area contributed by atoms with Gasteiger partial charge in [-0.05, 0) is 13.8 Å². The third kappa shape index (κ3) is 3.20. The highest BCUT2D eigenvalue weighted by atomic mass is 32.2. The van der Waals surface area contributed by atoms with Crippen LogP contribution in [0.15, 0.2) is 0 Å². The molecule has 2 aliphatic heterocycles. The number of nitrogens with one attached hydrogen (secondary N) is 1. The SMILES string of the molecule is CCS(=O)(=O)NC[C@@H]1CO[C@H]2CN(c3nnc(C)s3)C[C@@H]12. The fraction of sp³-hybridized carbons (Fsp3) is 0.833. The Labute approximate surface area is 128 Å². The van der Waals surface area contributed by atoms with Crippen molar-refractivity contribution in [1.82, 2.24) is 14.9 Å². The molecule has 0 saturated carbocycles. The maximum absolute atomic E-state index is 11.6. The van der Waals surface area contributed by atoms with E-state index >= 15 is 0 Å². The highest BCUT2D eigenvalue weighted by molar-refractivity contribution is 7.89.